The molecule has 0 aromatic rings. The van der Waals surface area contributed by atoms with Crippen molar-refractivity contribution in [2.24, 2.45) is 5.92 Å². The van der Waals surface area contributed by atoms with Gasteiger partial charge < -0.3 is 14.1 Å². The monoisotopic (exact) mass is 297 g/mol. The number of carbonyl (C=O) groups is 2. The molecule has 5 nitrogen and oxygen atoms in total. The van der Waals surface area contributed by atoms with Gasteiger partial charge in [-0.2, -0.15) is 0 Å². The van der Waals surface area contributed by atoms with E-state index in [2.05, 4.69) is 33.9 Å². The zero-order chi connectivity index (χ0) is 14.9. The number of hydrogen-bond acceptors (Lipinski definition) is 4. The van der Waals surface area contributed by atoms with Crippen LogP contribution in [-0.2, 0) is 18.8 Å². The first-order valence-corrected chi connectivity index (χ1v) is 10.2. The van der Waals surface area contributed by atoms with Crippen molar-refractivity contribution in [2.45, 2.75) is 63.6 Å². The predicted octanol–water partition coefficient (Wildman–Crippen LogP) is 1.88. The van der Waals surface area contributed by atoms with E-state index in [9.17, 15) is 9.59 Å². The minimum absolute atomic E-state index is 0.0319. The van der Waals surface area contributed by atoms with Gasteiger partial charge in [0.15, 0.2) is 20.1 Å². The van der Waals surface area contributed by atoms with E-state index in [0.29, 0.717) is 13.0 Å². The smallest absolute Gasteiger partial charge is 0.314 e. The van der Waals surface area contributed by atoms with Crippen molar-refractivity contribution in [3.8, 4) is 0 Å². The zero-order valence-corrected chi connectivity index (χ0v) is 13.9. The lowest BCUT2D eigenvalue weighted by molar-refractivity contribution is -0.144. The summed E-state index contributed by atoms with van der Waals surface area (Å²) in [5.41, 5.74) is -0.808. The van der Waals surface area contributed by atoms with Crippen molar-refractivity contribution in [2.75, 3.05) is 6.54 Å². The number of hydrogen-bond donors (Lipinski definition) is 0. The summed E-state index contributed by atoms with van der Waals surface area (Å²) in [5, 5.41) is 0.0319. The summed E-state index contributed by atoms with van der Waals surface area (Å²) in [7, 11) is -2.09. The van der Waals surface area contributed by atoms with Gasteiger partial charge >= 0.3 is 5.97 Å². The van der Waals surface area contributed by atoms with Gasteiger partial charge in [0.25, 0.3) is 0 Å². The summed E-state index contributed by atoms with van der Waals surface area (Å²) in [5.74, 6) is -0.430. The molecule has 0 bridgehead atoms. The Bertz CT molecular complexity index is 456. The lowest BCUT2D eigenvalue weighted by Gasteiger charge is -2.45. The number of carbonyl (C=O) groups excluding carboxylic acids is 2. The molecule has 20 heavy (non-hydrogen) atoms. The van der Waals surface area contributed by atoms with Crippen LogP contribution in [0.1, 0.15) is 33.6 Å². The SMILES string of the molecule is CC(C)(C)[Si](C)(C)O[C@]12[C@@H]3CC(=O)N1CC[C@H]2C(=O)O3. The van der Waals surface area contributed by atoms with E-state index in [1.807, 2.05) is 0 Å². The van der Waals surface area contributed by atoms with Crippen LogP contribution in [0.3, 0.4) is 0 Å². The van der Waals surface area contributed by atoms with Crippen molar-refractivity contribution in [1.29, 1.82) is 0 Å². The number of esters is 1. The first-order chi connectivity index (χ1) is 9.09. The van der Waals surface area contributed by atoms with Gasteiger partial charge in [-0.15, -0.1) is 0 Å². The Morgan fingerprint density at radius 3 is 2.60 bits per heavy atom. The average molecular weight is 297 g/mol. The summed E-state index contributed by atoms with van der Waals surface area (Å²) < 4.78 is 12.0. The van der Waals surface area contributed by atoms with Crippen molar-refractivity contribution in [3.63, 3.8) is 0 Å². The van der Waals surface area contributed by atoms with Crippen molar-refractivity contribution < 1.29 is 18.8 Å². The molecule has 3 saturated heterocycles. The van der Waals surface area contributed by atoms with Crippen LogP contribution in [0.5, 0.6) is 0 Å². The molecule has 3 fully saturated rings. The van der Waals surface area contributed by atoms with Gasteiger partial charge in [0.05, 0.1) is 6.42 Å². The molecule has 3 aliphatic heterocycles. The van der Waals surface area contributed by atoms with E-state index in [1.54, 1.807) is 4.90 Å². The molecule has 0 aliphatic carbocycles. The zero-order valence-electron chi connectivity index (χ0n) is 12.9. The second kappa shape index (κ2) is 3.85. The van der Waals surface area contributed by atoms with Crippen molar-refractivity contribution in [3.05, 3.63) is 0 Å². The summed E-state index contributed by atoms with van der Waals surface area (Å²) in [6.45, 7) is 11.4. The lowest BCUT2D eigenvalue weighted by atomic mass is 9.96. The Morgan fingerprint density at radius 1 is 1.35 bits per heavy atom. The quantitative estimate of drug-likeness (QED) is 0.577. The molecule has 0 N–H and O–H groups in total. The maximum Gasteiger partial charge on any atom is 0.314 e. The molecule has 0 aromatic heterocycles. The van der Waals surface area contributed by atoms with Crippen LogP contribution in [-0.4, -0.2) is 43.5 Å². The van der Waals surface area contributed by atoms with Gasteiger partial charge in [0.1, 0.15) is 5.92 Å². The highest BCUT2D eigenvalue weighted by atomic mass is 28.4. The molecule has 3 aliphatic rings. The minimum Gasteiger partial charge on any atom is -0.456 e. The highest BCUT2D eigenvalue weighted by molar-refractivity contribution is 6.74. The molecule has 3 atom stereocenters. The Morgan fingerprint density at radius 2 is 2.00 bits per heavy atom. The molecule has 6 heteroatoms. The van der Waals surface area contributed by atoms with E-state index >= 15 is 0 Å². The highest BCUT2D eigenvalue weighted by Gasteiger charge is 2.71. The summed E-state index contributed by atoms with van der Waals surface area (Å²) in [6.07, 6.45) is 0.524. The van der Waals surface area contributed by atoms with Crippen LogP contribution in [0.2, 0.25) is 18.1 Å². The third-order valence-electron chi connectivity index (χ3n) is 5.45. The van der Waals surface area contributed by atoms with Gasteiger partial charge in [-0.1, -0.05) is 20.8 Å². The van der Waals surface area contributed by atoms with Crippen LogP contribution in [0.15, 0.2) is 0 Å². The largest absolute Gasteiger partial charge is 0.456 e. The van der Waals surface area contributed by atoms with Crippen molar-refractivity contribution >= 4 is 20.2 Å². The molecule has 112 valence electrons. The fourth-order valence-corrected chi connectivity index (χ4v) is 4.86. The van der Waals surface area contributed by atoms with Gasteiger partial charge in [0.2, 0.25) is 5.91 Å². The Hall–Kier alpha value is -0.883. The van der Waals surface area contributed by atoms with E-state index in [4.69, 9.17) is 9.16 Å². The van der Waals surface area contributed by atoms with Gasteiger partial charge in [0, 0.05) is 6.54 Å². The third kappa shape index (κ3) is 1.58. The van der Waals surface area contributed by atoms with Crippen LogP contribution < -0.4 is 0 Å². The fraction of sp³-hybridized carbons (Fsp3) is 0.857. The average Bonchev–Trinajstić information content (AvgIpc) is 2.83. The van der Waals surface area contributed by atoms with Crippen LogP contribution in [0, 0.1) is 5.92 Å². The molecule has 0 spiro atoms. The Labute approximate surface area is 120 Å². The minimum atomic E-state index is -2.09. The van der Waals surface area contributed by atoms with Gasteiger partial charge in [-0.25, -0.2) is 0 Å². The maximum atomic E-state index is 12.2. The summed E-state index contributed by atoms with van der Waals surface area (Å²) >= 11 is 0. The molecule has 1 amide bonds. The molecule has 0 radical (unpaired) electrons. The summed E-state index contributed by atoms with van der Waals surface area (Å²) in [4.78, 5) is 26.0. The standard InChI is InChI=1S/C14H23NO4Si/c1-13(2,3)20(4,5)19-14-9-6-7-15(14)11(16)8-10(14)18-12(9)17/h9-10H,6-8H2,1-5H3/t9-,10-,14+/m0/s1. The highest BCUT2D eigenvalue weighted by Crippen LogP contribution is 2.54. The van der Waals surface area contributed by atoms with Gasteiger partial charge in [-0.3, -0.25) is 9.59 Å². The molecule has 0 saturated carbocycles. The predicted molar refractivity (Wildman–Crippen MR) is 75.3 cm³/mol. The topological polar surface area (TPSA) is 55.8 Å². The van der Waals surface area contributed by atoms with Crippen LogP contribution in [0.25, 0.3) is 0 Å². The molecule has 0 unspecified atom stereocenters. The lowest BCUT2D eigenvalue weighted by Crippen LogP contribution is -2.58. The third-order valence-corrected chi connectivity index (χ3v) is 9.90. The first kappa shape index (κ1) is 14.1. The fourth-order valence-electron chi connectivity index (χ4n) is 3.35. The molecule has 0 aromatic carbocycles. The van der Waals surface area contributed by atoms with E-state index in [1.165, 1.54) is 0 Å². The number of ether oxygens (including phenoxy) is 1. The van der Waals surface area contributed by atoms with E-state index in [0.717, 1.165) is 0 Å². The Balaban J connectivity index is 2.01. The van der Waals surface area contributed by atoms with E-state index in [-0.39, 0.29) is 29.3 Å². The number of amides is 1. The van der Waals surface area contributed by atoms with Crippen LogP contribution in [0.4, 0.5) is 0 Å². The molecule has 3 rings (SSSR count). The molecular formula is C14H23NO4Si. The number of rotatable bonds is 2. The van der Waals surface area contributed by atoms with Crippen LogP contribution >= 0.6 is 0 Å². The van der Waals surface area contributed by atoms with Crippen molar-refractivity contribution in [1.82, 2.24) is 4.90 Å². The second-order valence-corrected chi connectivity index (χ2v) is 12.4. The molecule has 3 heterocycles. The van der Waals surface area contributed by atoms with Gasteiger partial charge in [-0.05, 0) is 24.6 Å². The number of nitrogens with zero attached hydrogens (tertiary/aromatic N) is 1. The first-order valence-electron chi connectivity index (χ1n) is 7.31. The normalized spacial score (nSPS) is 36.5. The molecular weight excluding hydrogens is 274 g/mol. The Kier molecular flexibility index (Phi) is 2.71. The second-order valence-electron chi connectivity index (χ2n) is 7.63. The summed E-state index contributed by atoms with van der Waals surface area (Å²) in [6, 6.07) is 0. The van der Waals surface area contributed by atoms with E-state index < -0.39 is 20.1 Å². The maximum absolute atomic E-state index is 12.2.